The molecule has 0 spiro atoms. The monoisotopic (exact) mass is 215 g/mol. The highest BCUT2D eigenvalue weighted by Crippen LogP contribution is 2.13. The maximum absolute atomic E-state index is 10.9. The minimum absolute atomic E-state index is 0.248. The molecule has 0 fully saturated rings. The molecule has 0 atom stereocenters. The fourth-order valence-electron chi connectivity index (χ4n) is 0.934. The molecule has 0 saturated heterocycles. The van der Waals surface area contributed by atoms with E-state index < -0.39 is 10.0 Å². The van der Waals surface area contributed by atoms with Gasteiger partial charge in [-0.05, 0) is 5.92 Å². The average Bonchev–Trinajstić information content (AvgIpc) is 2.01. The first-order valence-corrected chi connectivity index (χ1v) is 6.07. The molecule has 14 heavy (non-hydrogen) atoms. The highest BCUT2D eigenvalue weighted by atomic mass is 32.2. The SMILES string of the molecule is CC(C)c1cc(NS(C)(=O)=O)ncn1. The topological polar surface area (TPSA) is 72.0 Å². The number of aromatic nitrogens is 2. The molecule has 0 bridgehead atoms. The van der Waals surface area contributed by atoms with E-state index in [1.165, 1.54) is 6.33 Å². The molecule has 1 aromatic rings. The van der Waals surface area contributed by atoms with Crippen LogP contribution >= 0.6 is 0 Å². The van der Waals surface area contributed by atoms with Crippen LogP contribution in [0.25, 0.3) is 0 Å². The minimum atomic E-state index is -3.26. The van der Waals surface area contributed by atoms with Crippen molar-refractivity contribution in [3.63, 3.8) is 0 Å². The van der Waals surface area contributed by atoms with Gasteiger partial charge < -0.3 is 0 Å². The van der Waals surface area contributed by atoms with E-state index >= 15 is 0 Å². The van der Waals surface area contributed by atoms with Gasteiger partial charge in [-0.1, -0.05) is 13.8 Å². The Morgan fingerprint density at radius 3 is 2.50 bits per heavy atom. The van der Waals surface area contributed by atoms with E-state index in [-0.39, 0.29) is 5.92 Å². The second-order valence-electron chi connectivity index (χ2n) is 3.36. The molecule has 0 saturated carbocycles. The summed E-state index contributed by atoms with van der Waals surface area (Å²) in [4.78, 5) is 7.83. The molecule has 0 radical (unpaired) electrons. The molecule has 1 aromatic heterocycles. The van der Waals surface area contributed by atoms with Crippen LogP contribution in [0.2, 0.25) is 0 Å². The number of hydrogen-bond acceptors (Lipinski definition) is 4. The molecule has 0 aliphatic rings. The fraction of sp³-hybridized carbons (Fsp3) is 0.500. The van der Waals surface area contributed by atoms with Gasteiger partial charge in [0.2, 0.25) is 10.0 Å². The summed E-state index contributed by atoms with van der Waals surface area (Å²) in [6.07, 6.45) is 2.44. The van der Waals surface area contributed by atoms with Gasteiger partial charge >= 0.3 is 0 Å². The molecule has 0 unspecified atom stereocenters. The van der Waals surface area contributed by atoms with Crippen LogP contribution in [0.5, 0.6) is 0 Å². The first-order chi connectivity index (χ1) is 6.38. The van der Waals surface area contributed by atoms with Crippen LogP contribution in [-0.4, -0.2) is 24.6 Å². The Hall–Kier alpha value is -1.17. The quantitative estimate of drug-likeness (QED) is 0.815. The highest BCUT2D eigenvalue weighted by Gasteiger charge is 2.06. The van der Waals surface area contributed by atoms with Crippen LogP contribution in [0.3, 0.4) is 0 Å². The molecule has 1 heterocycles. The van der Waals surface area contributed by atoms with Crippen LogP contribution in [0.4, 0.5) is 5.82 Å². The van der Waals surface area contributed by atoms with Gasteiger partial charge in [-0.25, -0.2) is 18.4 Å². The van der Waals surface area contributed by atoms with Crippen molar-refractivity contribution in [2.45, 2.75) is 19.8 Å². The Kier molecular flexibility index (Phi) is 3.05. The van der Waals surface area contributed by atoms with E-state index in [4.69, 9.17) is 0 Å². The van der Waals surface area contributed by atoms with Crippen LogP contribution in [-0.2, 0) is 10.0 Å². The van der Waals surface area contributed by atoms with Gasteiger partial charge in [0.1, 0.15) is 12.1 Å². The van der Waals surface area contributed by atoms with Crippen LogP contribution in [0.1, 0.15) is 25.5 Å². The molecule has 78 valence electrons. The van der Waals surface area contributed by atoms with Crippen molar-refractivity contribution in [1.82, 2.24) is 9.97 Å². The number of nitrogens with zero attached hydrogens (tertiary/aromatic N) is 2. The maximum atomic E-state index is 10.9. The van der Waals surface area contributed by atoms with E-state index in [0.717, 1.165) is 11.9 Å². The Labute approximate surface area is 83.6 Å². The Morgan fingerprint density at radius 1 is 1.36 bits per heavy atom. The molecular formula is C8H13N3O2S. The van der Waals surface area contributed by atoms with Gasteiger partial charge in [-0.3, -0.25) is 4.72 Å². The first-order valence-electron chi connectivity index (χ1n) is 4.18. The van der Waals surface area contributed by atoms with Crippen molar-refractivity contribution in [3.05, 3.63) is 18.1 Å². The lowest BCUT2D eigenvalue weighted by atomic mass is 10.1. The zero-order valence-corrected chi connectivity index (χ0v) is 9.17. The van der Waals surface area contributed by atoms with Crippen LogP contribution in [0, 0.1) is 0 Å². The largest absolute Gasteiger partial charge is 0.267 e. The summed E-state index contributed by atoms with van der Waals surface area (Å²) in [5.41, 5.74) is 0.811. The first kappa shape index (κ1) is 10.9. The molecule has 1 rings (SSSR count). The number of anilines is 1. The van der Waals surface area contributed by atoms with Crippen molar-refractivity contribution in [1.29, 1.82) is 0 Å². The fourth-order valence-corrected chi connectivity index (χ4v) is 1.43. The summed E-state index contributed by atoms with van der Waals surface area (Å²) in [6.45, 7) is 3.96. The minimum Gasteiger partial charge on any atom is -0.267 e. The summed E-state index contributed by atoms with van der Waals surface area (Å²) < 4.78 is 24.1. The summed E-state index contributed by atoms with van der Waals surface area (Å²) in [5.74, 6) is 0.560. The molecule has 0 amide bonds. The van der Waals surface area contributed by atoms with Crippen molar-refractivity contribution in [3.8, 4) is 0 Å². The van der Waals surface area contributed by atoms with E-state index in [2.05, 4.69) is 14.7 Å². The third-order valence-corrected chi connectivity index (χ3v) is 2.15. The smallest absolute Gasteiger partial charge is 0.230 e. The van der Waals surface area contributed by atoms with Crippen molar-refractivity contribution in [2.75, 3.05) is 11.0 Å². The number of rotatable bonds is 3. The summed E-state index contributed by atoms with van der Waals surface area (Å²) in [7, 11) is -3.26. The summed E-state index contributed by atoms with van der Waals surface area (Å²) in [5, 5.41) is 0. The van der Waals surface area contributed by atoms with Gasteiger partial charge in [0, 0.05) is 11.8 Å². The third kappa shape index (κ3) is 3.29. The Balaban J connectivity index is 2.95. The molecule has 0 aliphatic carbocycles. The highest BCUT2D eigenvalue weighted by molar-refractivity contribution is 7.92. The lowest BCUT2D eigenvalue weighted by Crippen LogP contribution is -2.11. The second kappa shape index (κ2) is 3.91. The van der Waals surface area contributed by atoms with Crippen molar-refractivity contribution in [2.24, 2.45) is 0 Å². The average molecular weight is 215 g/mol. The van der Waals surface area contributed by atoms with Gasteiger partial charge in [0.25, 0.3) is 0 Å². The molecule has 1 N–H and O–H groups in total. The molecule has 0 aliphatic heterocycles. The summed E-state index contributed by atoms with van der Waals surface area (Å²) >= 11 is 0. The standard InChI is InChI=1S/C8H13N3O2S/c1-6(2)7-4-8(10-5-9-7)11-14(3,12)13/h4-6H,1-3H3,(H,9,10,11). The maximum Gasteiger partial charge on any atom is 0.230 e. The zero-order valence-electron chi connectivity index (χ0n) is 8.35. The molecule has 0 aromatic carbocycles. The molecular weight excluding hydrogens is 202 g/mol. The molecule has 5 nitrogen and oxygen atoms in total. The van der Waals surface area contributed by atoms with Crippen molar-refractivity contribution < 1.29 is 8.42 Å². The third-order valence-electron chi connectivity index (χ3n) is 1.57. The normalized spacial score (nSPS) is 11.7. The lowest BCUT2D eigenvalue weighted by molar-refractivity contribution is 0.606. The van der Waals surface area contributed by atoms with Crippen LogP contribution < -0.4 is 4.72 Å². The molecule has 6 heteroatoms. The van der Waals surface area contributed by atoms with Gasteiger partial charge in [0.15, 0.2) is 0 Å². The number of nitrogens with one attached hydrogen (secondary N) is 1. The Bertz CT molecular complexity index is 414. The van der Waals surface area contributed by atoms with Crippen molar-refractivity contribution >= 4 is 15.8 Å². The van der Waals surface area contributed by atoms with E-state index in [0.29, 0.717) is 5.82 Å². The predicted octanol–water partition coefficient (Wildman–Crippen LogP) is 0.972. The van der Waals surface area contributed by atoms with Gasteiger partial charge in [-0.15, -0.1) is 0 Å². The second-order valence-corrected chi connectivity index (χ2v) is 5.11. The van der Waals surface area contributed by atoms with Gasteiger partial charge in [0.05, 0.1) is 6.26 Å². The van der Waals surface area contributed by atoms with E-state index in [1.54, 1.807) is 6.07 Å². The van der Waals surface area contributed by atoms with E-state index in [1.807, 2.05) is 13.8 Å². The zero-order chi connectivity index (χ0) is 10.8. The number of sulfonamides is 1. The lowest BCUT2D eigenvalue weighted by Gasteiger charge is -2.06. The van der Waals surface area contributed by atoms with Gasteiger partial charge in [-0.2, -0.15) is 0 Å². The van der Waals surface area contributed by atoms with Crippen LogP contribution in [0.15, 0.2) is 12.4 Å². The van der Waals surface area contributed by atoms with E-state index in [9.17, 15) is 8.42 Å². The number of hydrogen-bond donors (Lipinski definition) is 1. The summed E-state index contributed by atoms with van der Waals surface area (Å²) in [6, 6.07) is 1.63. The predicted molar refractivity (Wildman–Crippen MR) is 54.6 cm³/mol. The Morgan fingerprint density at radius 2 is 2.00 bits per heavy atom.